The summed E-state index contributed by atoms with van der Waals surface area (Å²) in [5.41, 5.74) is -0.494. The van der Waals surface area contributed by atoms with Crippen molar-refractivity contribution in [1.82, 2.24) is 0 Å². The summed E-state index contributed by atoms with van der Waals surface area (Å²) in [6.45, 7) is -5.05. The van der Waals surface area contributed by atoms with Gasteiger partial charge in [0.1, 0.15) is 0 Å². The first-order valence-electron chi connectivity index (χ1n) is 7.26. The fraction of sp³-hybridized carbons (Fsp3) is 0. The normalized spacial score (nSPS) is 11.2. The van der Waals surface area contributed by atoms with Crippen molar-refractivity contribution < 1.29 is 64.3 Å². The van der Waals surface area contributed by atoms with Gasteiger partial charge in [-0.2, -0.15) is 0 Å². The molecule has 0 aliphatic rings. The Kier molecular flexibility index (Phi) is 7.29. The molecule has 0 nitrogen and oxygen atoms in total. The zero-order chi connectivity index (χ0) is 16.3. The Morgan fingerprint density at radius 2 is 1.00 bits per heavy atom. The van der Waals surface area contributed by atoms with Crippen LogP contribution in [-0.4, -0.2) is 6.98 Å². The van der Waals surface area contributed by atoms with E-state index in [-0.39, 0.29) is 51.4 Å². The third-order valence-electron chi connectivity index (χ3n) is 3.56. The van der Waals surface area contributed by atoms with E-state index in [1.54, 1.807) is 12.1 Å². The Labute approximate surface area is 183 Å². The number of hydrogen-bond acceptors (Lipinski definition) is 0. The van der Waals surface area contributed by atoms with E-state index in [9.17, 15) is 12.9 Å². The molecule has 3 rings (SSSR count). The van der Waals surface area contributed by atoms with Crippen LogP contribution in [-0.2, 0) is 0 Å². The number of rotatable bonds is 4. The van der Waals surface area contributed by atoms with E-state index in [2.05, 4.69) is 0 Å². The van der Waals surface area contributed by atoms with Crippen LogP contribution in [0.2, 0.25) is 0 Å². The Morgan fingerprint density at radius 1 is 0.583 bits per heavy atom. The van der Waals surface area contributed by atoms with Gasteiger partial charge in [-0.05, 0) is 23.8 Å². The molecule has 0 bridgehead atoms. The molecule has 0 radical (unpaired) electrons. The molecule has 0 aliphatic carbocycles. The molecule has 6 heteroatoms. The zero-order valence-electron chi connectivity index (χ0n) is 13.2. The molecular weight excluding hydrogens is 354 g/mol. The Bertz CT molecular complexity index is 740. The Hall–Kier alpha value is -0.419. The van der Waals surface area contributed by atoms with Gasteiger partial charge in [-0.15, -0.1) is 5.46 Å². The maximum absolute atomic E-state index is 13.5. The minimum Gasteiger partial charge on any atom is -0.445 e. The largest absolute Gasteiger partial charge is 1.00 e. The van der Waals surface area contributed by atoms with Crippen molar-refractivity contribution in [2.75, 3.05) is 0 Å². The van der Waals surface area contributed by atoms with Crippen LogP contribution in [0.15, 0.2) is 84.9 Å². The van der Waals surface area contributed by atoms with Gasteiger partial charge in [0.2, 0.25) is 0 Å². The van der Waals surface area contributed by atoms with Crippen LogP contribution >= 0.6 is 7.92 Å². The van der Waals surface area contributed by atoms with E-state index < -0.39 is 20.4 Å². The molecule has 0 fully saturated rings. The predicted molar refractivity (Wildman–Crippen MR) is 93.9 cm³/mol. The zero-order valence-corrected chi connectivity index (χ0v) is 17.3. The molecular formula is C18H14BF3KP. The molecule has 116 valence electrons. The molecule has 3 aromatic rings. The van der Waals surface area contributed by atoms with E-state index in [1.165, 1.54) is 12.1 Å². The first-order valence-corrected chi connectivity index (χ1v) is 8.60. The van der Waals surface area contributed by atoms with Crippen molar-refractivity contribution in [1.29, 1.82) is 0 Å². The van der Waals surface area contributed by atoms with Crippen molar-refractivity contribution in [3.8, 4) is 0 Å². The number of halogens is 3. The molecule has 0 saturated heterocycles. The van der Waals surface area contributed by atoms with E-state index in [0.29, 0.717) is 5.30 Å². The second-order valence-electron chi connectivity index (χ2n) is 5.14. The van der Waals surface area contributed by atoms with Crippen LogP contribution in [0.4, 0.5) is 12.9 Å². The van der Waals surface area contributed by atoms with Crippen LogP contribution in [0.3, 0.4) is 0 Å². The molecule has 3 aromatic carbocycles. The molecule has 0 atom stereocenters. The quantitative estimate of drug-likeness (QED) is 0.465. The van der Waals surface area contributed by atoms with Crippen LogP contribution in [0.5, 0.6) is 0 Å². The first kappa shape index (κ1) is 19.9. The fourth-order valence-corrected chi connectivity index (χ4v) is 5.06. The van der Waals surface area contributed by atoms with Crippen molar-refractivity contribution in [2.24, 2.45) is 0 Å². The summed E-state index contributed by atoms with van der Waals surface area (Å²) in [5, 5.41) is 2.20. The monoisotopic (exact) mass is 368 g/mol. The van der Waals surface area contributed by atoms with Gasteiger partial charge in [-0.3, -0.25) is 0 Å². The standard InChI is InChI=1S/C18H14BF3P.K/c20-19(21,22)17-13-7-8-14-18(17)23(15-9-3-1-4-10-15)16-11-5-2-6-12-16;/h1-14H;/q-1;+1. The summed E-state index contributed by atoms with van der Waals surface area (Å²) in [6.07, 6.45) is 0. The van der Waals surface area contributed by atoms with Gasteiger partial charge < -0.3 is 12.9 Å². The van der Waals surface area contributed by atoms with Gasteiger partial charge in [0, 0.05) is 0 Å². The molecule has 0 N–H and O–H groups in total. The van der Waals surface area contributed by atoms with Gasteiger partial charge >= 0.3 is 58.4 Å². The minimum absolute atomic E-state index is 0. The Balaban J connectivity index is 0.00000208. The van der Waals surface area contributed by atoms with Crippen LogP contribution in [0, 0.1) is 0 Å². The summed E-state index contributed by atoms with van der Waals surface area (Å²) in [5.74, 6) is 0. The van der Waals surface area contributed by atoms with Gasteiger partial charge in [0.05, 0.1) is 0 Å². The topological polar surface area (TPSA) is 0 Å². The van der Waals surface area contributed by atoms with E-state index in [1.807, 2.05) is 60.7 Å². The van der Waals surface area contributed by atoms with Crippen molar-refractivity contribution in [3.05, 3.63) is 84.9 Å². The first-order chi connectivity index (χ1) is 11.1. The van der Waals surface area contributed by atoms with Gasteiger partial charge in [-0.25, -0.2) is 0 Å². The predicted octanol–water partition coefficient (Wildman–Crippen LogP) is 0.503. The maximum Gasteiger partial charge on any atom is 1.00 e. The third kappa shape index (κ3) is 4.60. The van der Waals surface area contributed by atoms with Crippen LogP contribution in [0.1, 0.15) is 0 Å². The minimum atomic E-state index is -5.05. The van der Waals surface area contributed by atoms with Gasteiger partial charge in [0.25, 0.3) is 0 Å². The molecule has 0 unspecified atom stereocenters. The summed E-state index contributed by atoms with van der Waals surface area (Å²) >= 11 is 0. The summed E-state index contributed by atoms with van der Waals surface area (Å²) in [6, 6.07) is 24.8. The SMILES string of the molecule is F[B-](F)(F)c1ccccc1P(c1ccccc1)c1ccccc1.[K+]. The smallest absolute Gasteiger partial charge is 0.445 e. The second-order valence-corrected chi connectivity index (χ2v) is 7.33. The molecule has 0 aliphatic heterocycles. The number of benzene rings is 3. The van der Waals surface area contributed by atoms with E-state index >= 15 is 0 Å². The van der Waals surface area contributed by atoms with Gasteiger partial charge in [0.15, 0.2) is 0 Å². The average Bonchev–Trinajstić information content (AvgIpc) is 2.57. The van der Waals surface area contributed by atoms with Crippen molar-refractivity contribution in [3.63, 3.8) is 0 Å². The Morgan fingerprint density at radius 3 is 1.46 bits per heavy atom. The number of hydrogen-bond donors (Lipinski definition) is 0. The summed E-state index contributed by atoms with van der Waals surface area (Å²) in [7, 11) is -1.24. The molecule has 0 spiro atoms. The van der Waals surface area contributed by atoms with Crippen molar-refractivity contribution in [2.45, 2.75) is 0 Å². The van der Waals surface area contributed by atoms with Crippen molar-refractivity contribution >= 4 is 36.3 Å². The van der Waals surface area contributed by atoms with E-state index in [0.717, 1.165) is 10.6 Å². The van der Waals surface area contributed by atoms with Crippen LogP contribution in [0.25, 0.3) is 0 Å². The second kappa shape index (κ2) is 8.79. The molecule has 0 saturated carbocycles. The summed E-state index contributed by atoms with van der Waals surface area (Å²) in [4.78, 5) is 0. The average molecular weight is 368 g/mol. The fourth-order valence-electron chi connectivity index (χ4n) is 2.55. The molecule has 24 heavy (non-hydrogen) atoms. The summed E-state index contributed by atoms with van der Waals surface area (Å²) < 4.78 is 40.5. The molecule has 0 heterocycles. The molecule has 0 amide bonds. The molecule has 0 aromatic heterocycles. The van der Waals surface area contributed by atoms with Gasteiger partial charge in [-0.1, -0.05) is 84.9 Å². The van der Waals surface area contributed by atoms with E-state index in [4.69, 9.17) is 0 Å². The third-order valence-corrected chi connectivity index (χ3v) is 6.08. The maximum atomic E-state index is 13.5. The van der Waals surface area contributed by atoms with Crippen LogP contribution < -0.4 is 72.8 Å².